The van der Waals surface area contributed by atoms with Gasteiger partial charge in [-0.3, -0.25) is 0 Å². The summed E-state index contributed by atoms with van der Waals surface area (Å²) in [5.74, 6) is 0.829. The first-order chi connectivity index (χ1) is 4.74. The summed E-state index contributed by atoms with van der Waals surface area (Å²) in [6.45, 7) is 4.69. The molecule has 1 heteroatoms. The van der Waals surface area contributed by atoms with E-state index in [1.54, 1.807) is 0 Å². The lowest BCUT2D eigenvalue weighted by Gasteiger charge is -2.21. The summed E-state index contributed by atoms with van der Waals surface area (Å²) < 4.78 is 0. The molecule has 1 atom stereocenters. The van der Waals surface area contributed by atoms with Crippen LogP contribution < -0.4 is 0 Å². The summed E-state index contributed by atoms with van der Waals surface area (Å²) in [6.07, 6.45) is 3.56. The highest BCUT2D eigenvalue weighted by atomic mass is 16.3. The largest absolute Gasteiger partial charge is 0.392 e. The van der Waals surface area contributed by atoms with Gasteiger partial charge in [-0.25, -0.2) is 0 Å². The van der Waals surface area contributed by atoms with Crippen molar-refractivity contribution in [2.45, 2.75) is 33.1 Å². The van der Waals surface area contributed by atoms with Crippen molar-refractivity contribution >= 4 is 0 Å². The maximum atomic E-state index is 8.89. The van der Waals surface area contributed by atoms with Crippen molar-refractivity contribution in [1.29, 1.82) is 0 Å². The lowest BCUT2D eigenvalue weighted by molar-refractivity contribution is 0.315. The average molecular weight is 140 g/mol. The van der Waals surface area contributed by atoms with Gasteiger partial charge in [-0.15, -0.1) is 0 Å². The highest BCUT2D eigenvalue weighted by Gasteiger charge is 2.13. The molecule has 1 rings (SSSR count). The average Bonchev–Trinajstić information content (AvgIpc) is 1.88. The normalized spacial score (nSPS) is 27.3. The minimum atomic E-state index is 0.276. The number of hydrogen-bond donors (Lipinski definition) is 1. The van der Waals surface area contributed by atoms with E-state index in [1.807, 2.05) is 0 Å². The Morgan fingerprint density at radius 2 is 2.30 bits per heavy atom. The van der Waals surface area contributed by atoms with Crippen LogP contribution in [0.25, 0.3) is 0 Å². The number of rotatable bonds is 1. The Morgan fingerprint density at radius 1 is 1.60 bits per heavy atom. The SMILES string of the molecule is CC1=C(CO)CCC(C)C1. The molecule has 0 saturated heterocycles. The second-order valence-electron chi connectivity index (χ2n) is 3.39. The Hall–Kier alpha value is -0.300. The van der Waals surface area contributed by atoms with Crippen LogP contribution in [0.2, 0.25) is 0 Å². The minimum Gasteiger partial charge on any atom is -0.392 e. The van der Waals surface area contributed by atoms with E-state index in [9.17, 15) is 0 Å². The molecule has 1 unspecified atom stereocenters. The molecule has 0 radical (unpaired) electrons. The van der Waals surface area contributed by atoms with E-state index in [1.165, 1.54) is 24.0 Å². The van der Waals surface area contributed by atoms with E-state index in [-0.39, 0.29) is 6.61 Å². The summed E-state index contributed by atoms with van der Waals surface area (Å²) in [5.41, 5.74) is 2.69. The fraction of sp³-hybridized carbons (Fsp3) is 0.778. The Labute approximate surface area is 62.8 Å². The number of hydrogen-bond acceptors (Lipinski definition) is 1. The summed E-state index contributed by atoms with van der Waals surface area (Å²) in [7, 11) is 0. The topological polar surface area (TPSA) is 20.2 Å². The fourth-order valence-corrected chi connectivity index (χ4v) is 1.62. The van der Waals surface area contributed by atoms with Crippen molar-refractivity contribution in [3.05, 3.63) is 11.1 Å². The van der Waals surface area contributed by atoms with Crippen LogP contribution in [0.1, 0.15) is 33.1 Å². The third kappa shape index (κ3) is 1.60. The van der Waals surface area contributed by atoms with E-state index in [0.717, 1.165) is 12.3 Å². The monoisotopic (exact) mass is 140 g/mol. The molecule has 0 fully saturated rings. The molecule has 0 amide bonds. The molecule has 0 heterocycles. The zero-order valence-corrected chi connectivity index (χ0v) is 6.85. The maximum absolute atomic E-state index is 8.89. The molecule has 0 spiro atoms. The zero-order valence-electron chi connectivity index (χ0n) is 6.85. The summed E-state index contributed by atoms with van der Waals surface area (Å²) in [5, 5.41) is 8.89. The van der Waals surface area contributed by atoms with Gasteiger partial charge in [0.25, 0.3) is 0 Å². The Bertz CT molecular complexity index is 147. The van der Waals surface area contributed by atoms with Crippen molar-refractivity contribution in [3.63, 3.8) is 0 Å². The van der Waals surface area contributed by atoms with Crippen LogP contribution in [-0.2, 0) is 0 Å². The summed E-state index contributed by atoms with van der Waals surface area (Å²) >= 11 is 0. The number of aliphatic hydroxyl groups is 1. The van der Waals surface area contributed by atoms with Gasteiger partial charge in [0.2, 0.25) is 0 Å². The molecule has 1 nitrogen and oxygen atoms in total. The smallest absolute Gasteiger partial charge is 0.0644 e. The van der Waals surface area contributed by atoms with Gasteiger partial charge in [0.1, 0.15) is 0 Å². The van der Waals surface area contributed by atoms with E-state index in [0.29, 0.717) is 0 Å². The molecular weight excluding hydrogens is 124 g/mol. The van der Waals surface area contributed by atoms with E-state index < -0.39 is 0 Å². The highest BCUT2D eigenvalue weighted by Crippen LogP contribution is 2.27. The van der Waals surface area contributed by atoms with Crippen LogP contribution in [-0.4, -0.2) is 11.7 Å². The van der Waals surface area contributed by atoms with Gasteiger partial charge in [-0.1, -0.05) is 12.5 Å². The first-order valence-electron chi connectivity index (χ1n) is 4.02. The Kier molecular flexibility index (Phi) is 2.50. The molecule has 1 aliphatic rings. The van der Waals surface area contributed by atoms with Crippen molar-refractivity contribution in [1.82, 2.24) is 0 Å². The second kappa shape index (κ2) is 3.20. The Balaban J connectivity index is 2.61. The summed E-state index contributed by atoms with van der Waals surface area (Å²) in [4.78, 5) is 0. The van der Waals surface area contributed by atoms with Gasteiger partial charge in [0, 0.05) is 0 Å². The Morgan fingerprint density at radius 3 is 2.80 bits per heavy atom. The molecule has 0 aromatic heterocycles. The predicted molar refractivity (Wildman–Crippen MR) is 42.8 cm³/mol. The lowest BCUT2D eigenvalue weighted by atomic mass is 9.86. The van der Waals surface area contributed by atoms with Crippen LogP contribution in [0.15, 0.2) is 11.1 Å². The molecule has 1 N–H and O–H groups in total. The maximum Gasteiger partial charge on any atom is 0.0644 e. The molecule has 0 aromatic rings. The third-order valence-corrected chi connectivity index (χ3v) is 2.39. The van der Waals surface area contributed by atoms with Crippen LogP contribution in [0.4, 0.5) is 0 Å². The second-order valence-corrected chi connectivity index (χ2v) is 3.39. The first-order valence-corrected chi connectivity index (χ1v) is 4.02. The van der Waals surface area contributed by atoms with E-state index in [2.05, 4.69) is 13.8 Å². The van der Waals surface area contributed by atoms with Crippen molar-refractivity contribution < 1.29 is 5.11 Å². The van der Waals surface area contributed by atoms with Crippen molar-refractivity contribution in [2.75, 3.05) is 6.61 Å². The molecule has 0 aliphatic heterocycles. The third-order valence-electron chi connectivity index (χ3n) is 2.39. The summed E-state index contributed by atoms with van der Waals surface area (Å²) in [6, 6.07) is 0. The minimum absolute atomic E-state index is 0.276. The van der Waals surface area contributed by atoms with Crippen molar-refractivity contribution in [3.8, 4) is 0 Å². The van der Waals surface area contributed by atoms with Gasteiger partial charge < -0.3 is 5.11 Å². The molecule has 0 bridgehead atoms. The van der Waals surface area contributed by atoms with Crippen molar-refractivity contribution in [2.24, 2.45) is 5.92 Å². The lowest BCUT2D eigenvalue weighted by Crippen LogP contribution is -2.08. The molecular formula is C9H16O. The van der Waals surface area contributed by atoms with Crippen LogP contribution in [0.5, 0.6) is 0 Å². The van der Waals surface area contributed by atoms with E-state index >= 15 is 0 Å². The molecule has 0 aromatic carbocycles. The number of allylic oxidation sites excluding steroid dienone is 1. The zero-order chi connectivity index (χ0) is 7.56. The fourth-order valence-electron chi connectivity index (χ4n) is 1.62. The van der Waals surface area contributed by atoms with E-state index in [4.69, 9.17) is 5.11 Å². The quantitative estimate of drug-likeness (QED) is 0.553. The van der Waals surface area contributed by atoms with Gasteiger partial charge in [0.05, 0.1) is 6.61 Å². The first kappa shape index (κ1) is 7.80. The van der Waals surface area contributed by atoms with Gasteiger partial charge in [-0.05, 0) is 37.7 Å². The standard InChI is InChI=1S/C9H16O/c1-7-3-4-9(6-10)8(2)5-7/h7,10H,3-6H2,1-2H3. The van der Waals surface area contributed by atoms with Crippen LogP contribution in [0.3, 0.4) is 0 Å². The van der Waals surface area contributed by atoms with Gasteiger partial charge in [0.15, 0.2) is 0 Å². The van der Waals surface area contributed by atoms with Crippen LogP contribution >= 0.6 is 0 Å². The highest BCUT2D eigenvalue weighted by molar-refractivity contribution is 5.15. The van der Waals surface area contributed by atoms with Gasteiger partial charge in [-0.2, -0.15) is 0 Å². The predicted octanol–water partition coefficient (Wildman–Crippen LogP) is 2.12. The molecule has 0 saturated carbocycles. The molecule has 58 valence electrons. The van der Waals surface area contributed by atoms with Gasteiger partial charge >= 0.3 is 0 Å². The van der Waals surface area contributed by atoms with Crippen LogP contribution in [0, 0.1) is 5.92 Å². The molecule has 1 aliphatic carbocycles. The molecule has 10 heavy (non-hydrogen) atoms. The number of aliphatic hydroxyl groups excluding tert-OH is 1.